The van der Waals surface area contributed by atoms with Crippen LogP contribution in [-0.4, -0.2) is 28.2 Å². The van der Waals surface area contributed by atoms with Crippen molar-refractivity contribution in [3.8, 4) is 11.3 Å². The number of carbonyl (C=O) groups excluding carboxylic acids is 1. The first kappa shape index (κ1) is 21.0. The molecule has 0 saturated carbocycles. The van der Waals surface area contributed by atoms with Crippen LogP contribution >= 0.6 is 0 Å². The summed E-state index contributed by atoms with van der Waals surface area (Å²) in [7, 11) is 0. The van der Waals surface area contributed by atoms with Crippen molar-refractivity contribution >= 4 is 23.0 Å². The Hall–Kier alpha value is -3.22. The monoisotopic (exact) mass is 424 g/mol. The molecule has 3 aromatic rings. The Balaban J connectivity index is 1.80. The summed E-state index contributed by atoms with van der Waals surface area (Å²) in [5, 5.41) is 6.14. The molecule has 3 N–H and O–H groups in total. The van der Waals surface area contributed by atoms with Gasteiger partial charge in [-0.15, -0.1) is 0 Å². The van der Waals surface area contributed by atoms with Crippen molar-refractivity contribution in [2.75, 3.05) is 10.6 Å². The van der Waals surface area contributed by atoms with Crippen molar-refractivity contribution in [3.63, 3.8) is 0 Å². The van der Waals surface area contributed by atoms with Crippen LogP contribution in [0.3, 0.4) is 0 Å². The van der Waals surface area contributed by atoms with Crippen LogP contribution in [0.2, 0.25) is 0 Å². The number of halogens is 2. The largest absolute Gasteiger partial charge is 0.362 e. The number of hydrogen-bond acceptors (Lipinski definition) is 4. The molecular formula is C24H26F2N4O. The third-order valence-corrected chi connectivity index (χ3v) is 5.50. The first-order valence-corrected chi connectivity index (χ1v) is 10.3. The number of alkyl halides is 2. The molecule has 1 aliphatic carbocycles. The first-order valence-electron chi connectivity index (χ1n) is 10.3. The quantitative estimate of drug-likeness (QED) is 0.451. The number of anilines is 3. The van der Waals surface area contributed by atoms with E-state index in [1.807, 2.05) is 30.3 Å². The van der Waals surface area contributed by atoms with Crippen LogP contribution < -0.4 is 10.6 Å². The molecule has 2 heterocycles. The van der Waals surface area contributed by atoms with Crippen molar-refractivity contribution in [2.45, 2.75) is 46.1 Å². The topological polar surface area (TPSA) is 69.8 Å². The predicted octanol–water partition coefficient (Wildman–Crippen LogP) is 6.04. The summed E-state index contributed by atoms with van der Waals surface area (Å²) >= 11 is 0. The zero-order valence-electron chi connectivity index (χ0n) is 17.8. The number of fused-ring (bicyclic) bond motifs is 1. The van der Waals surface area contributed by atoms with E-state index in [9.17, 15) is 13.6 Å². The number of aromatic nitrogens is 2. The van der Waals surface area contributed by atoms with Gasteiger partial charge in [-0.2, -0.15) is 0 Å². The Bertz CT molecular complexity index is 1090. The molecule has 1 aromatic carbocycles. The number of ketones is 1. The third-order valence-electron chi connectivity index (χ3n) is 5.50. The minimum Gasteiger partial charge on any atom is -0.362 e. The number of para-hydroxylation sites is 1. The molecule has 0 fully saturated rings. The van der Waals surface area contributed by atoms with E-state index in [0.717, 1.165) is 29.1 Å². The molecule has 5 nitrogen and oxygen atoms in total. The molecule has 1 aliphatic rings. The van der Waals surface area contributed by atoms with E-state index in [-0.39, 0.29) is 11.2 Å². The van der Waals surface area contributed by atoms with Crippen LogP contribution in [0.4, 0.5) is 26.0 Å². The number of H-pyrrole nitrogens is 1. The lowest BCUT2D eigenvalue weighted by atomic mass is 9.76. The minimum absolute atomic E-state index is 0.0888. The van der Waals surface area contributed by atoms with E-state index in [0.29, 0.717) is 23.5 Å². The van der Waals surface area contributed by atoms with Gasteiger partial charge in [0.1, 0.15) is 5.82 Å². The van der Waals surface area contributed by atoms with E-state index in [1.165, 1.54) is 6.92 Å². The Labute approximate surface area is 180 Å². The number of rotatable bonds is 6. The van der Waals surface area contributed by atoms with E-state index < -0.39 is 12.5 Å². The van der Waals surface area contributed by atoms with Crippen molar-refractivity contribution in [2.24, 2.45) is 5.41 Å². The van der Waals surface area contributed by atoms with E-state index in [1.54, 1.807) is 18.3 Å². The molecule has 1 unspecified atom stereocenters. The lowest BCUT2D eigenvalue weighted by Crippen LogP contribution is -2.26. The zero-order chi connectivity index (χ0) is 22.2. The second-order valence-electron chi connectivity index (χ2n) is 8.86. The molecular weight excluding hydrogens is 398 g/mol. The number of aromatic amines is 1. The predicted molar refractivity (Wildman–Crippen MR) is 119 cm³/mol. The number of benzene rings is 1. The van der Waals surface area contributed by atoms with Gasteiger partial charge < -0.3 is 15.6 Å². The number of Topliss-reactive ketones (excluding diaryl/α,β-unsaturated/α-hetero) is 1. The van der Waals surface area contributed by atoms with Gasteiger partial charge in [-0.3, -0.25) is 4.79 Å². The van der Waals surface area contributed by atoms with Crippen molar-refractivity contribution < 1.29 is 13.6 Å². The smallest absolute Gasteiger partial charge is 0.258 e. The highest BCUT2D eigenvalue weighted by Gasteiger charge is 2.35. The lowest BCUT2D eigenvalue weighted by molar-refractivity contribution is 0.0912. The summed E-state index contributed by atoms with van der Waals surface area (Å²) in [4.78, 5) is 20.7. The van der Waals surface area contributed by atoms with Gasteiger partial charge in [0.05, 0.1) is 23.0 Å². The first-order chi connectivity index (χ1) is 14.7. The standard InChI is InChI=1S/C24H26F2N4O/c1-14(23(25)26)28-19-11-15(9-10-27-19)21-22(29-16-7-5-4-6-8-16)20-17(30-21)12-24(2,3)13-18(20)31/h4-11,14,23,29-30H,12-13H2,1-3H3,(H,27,28). The molecule has 0 aliphatic heterocycles. The zero-order valence-corrected chi connectivity index (χ0v) is 17.8. The second kappa shape index (κ2) is 8.13. The molecule has 0 radical (unpaired) electrons. The van der Waals surface area contributed by atoms with Crippen LogP contribution in [0.5, 0.6) is 0 Å². The maximum absolute atomic E-state index is 13.1. The summed E-state index contributed by atoms with van der Waals surface area (Å²) < 4.78 is 25.9. The van der Waals surface area contributed by atoms with Crippen LogP contribution in [0.25, 0.3) is 11.3 Å². The number of nitrogens with zero attached hydrogens (tertiary/aromatic N) is 1. The van der Waals surface area contributed by atoms with Gasteiger partial charge in [0, 0.05) is 29.6 Å². The fraction of sp³-hybridized carbons (Fsp3) is 0.333. The normalized spacial score (nSPS) is 16.1. The fourth-order valence-corrected chi connectivity index (χ4v) is 4.02. The molecule has 0 bridgehead atoms. The van der Waals surface area contributed by atoms with Crippen molar-refractivity contribution in [3.05, 3.63) is 59.9 Å². The average molecular weight is 424 g/mol. The van der Waals surface area contributed by atoms with E-state index in [4.69, 9.17) is 0 Å². The molecule has 0 amide bonds. The molecule has 31 heavy (non-hydrogen) atoms. The highest BCUT2D eigenvalue weighted by atomic mass is 19.3. The highest BCUT2D eigenvalue weighted by Crippen LogP contribution is 2.43. The Morgan fingerprint density at radius 1 is 1.13 bits per heavy atom. The van der Waals surface area contributed by atoms with Gasteiger partial charge in [0.2, 0.25) is 0 Å². The maximum Gasteiger partial charge on any atom is 0.258 e. The van der Waals surface area contributed by atoms with E-state index >= 15 is 0 Å². The van der Waals surface area contributed by atoms with E-state index in [2.05, 4.69) is 34.4 Å². The third kappa shape index (κ3) is 4.45. The van der Waals surface area contributed by atoms with Crippen LogP contribution in [0.1, 0.15) is 43.2 Å². The number of carbonyl (C=O) groups is 1. The summed E-state index contributed by atoms with van der Waals surface area (Å²) in [5.41, 5.74) is 4.51. The van der Waals surface area contributed by atoms with Crippen molar-refractivity contribution in [1.82, 2.24) is 9.97 Å². The molecule has 162 valence electrons. The van der Waals surface area contributed by atoms with Crippen LogP contribution in [-0.2, 0) is 6.42 Å². The minimum atomic E-state index is -2.50. The Morgan fingerprint density at radius 2 is 1.87 bits per heavy atom. The fourth-order valence-electron chi connectivity index (χ4n) is 4.02. The number of nitrogens with one attached hydrogen (secondary N) is 3. The average Bonchev–Trinajstić information content (AvgIpc) is 3.06. The number of pyridine rings is 1. The molecule has 7 heteroatoms. The van der Waals surface area contributed by atoms with Crippen LogP contribution in [0.15, 0.2) is 48.7 Å². The van der Waals surface area contributed by atoms with Gasteiger partial charge in [0.15, 0.2) is 5.78 Å². The Kier molecular flexibility index (Phi) is 5.52. The van der Waals surface area contributed by atoms with Gasteiger partial charge in [-0.1, -0.05) is 32.0 Å². The highest BCUT2D eigenvalue weighted by molar-refractivity contribution is 6.07. The van der Waals surface area contributed by atoms with Crippen LogP contribution in [0, 0.1) is 5.41 Å². The SMILES string of the molecule is CC(Nc1cc(-c2[nH]c3c(c2Nc2ccccc2)C(=O)CC(C)(C)C3)ccn1)C(F)F. The molecule has 1 atom stereocenters. The summed E-state index contributed by atoms with van der Waals surface area (Å²) in [6.45, 7) is 5.58. The van der Waals surface area contributed by atoms with Gasteiger partial charge in [-0.05, 0) is 43.0 Å². The van der Waals surface area contributed by atoms with Gasteiger partial charge >= 0.3 is 0 Å². The summed E-state index contributed by atoms with van der Waals surface area (Å²) in [6.07, 6.45) is 0.290. The summed E-state index contributed by atoms with van der Waals surface area (Å²) in [6, 6.07) is 12.2. The lowest BCUT2D eigenvalue weighted by Gasteiger charge is -2.28. The van der Waals surface area contributed by atoms with Gasteiger partial charge in [0.25, 0.3) is 6.43 Å². The molecule has 2 aromatic heterocycles. The number of hydrogen-bond donors (Lipinski definition) is 3. The van der Waals surface area contributed by atoms with Crippen molar-refractivity contribution in [1.29, 1.82) is 0 Å². The summed E-state index contributed by atoms with van der Waals surface area (Å²) in [5.74, 6) is 0.445. The maximum atomic E-state index is 13.1. The Morgan fingerprint density at radius 3 is 2.58 bits per heavy atom. The molecule has 0 spiro atoms. The van der Waals surface area contributed by atoms with Gasteiger partial charge in [-0.25, -0.2) is 13.8 Å². The molecule has 0 saturated heterocycles. The molecule has 4 rings (SSSR count). The second-order valence-corrected chi connectivity index (χ2v) is 8.86.